The fourth-order valence-corrected chi connectivity index (χ4v) is 2.96. The van der Waals surface area contributed by atoms with Crippen molar-refractivity contribution in [1.29, 1.82) is 0 Å². The molecule has 0 aromatic heterocycles. The molecule has 148 valence electrons. The van der Waals surface area contributed by atoms with Gasteiger partial charge >= 0.3 is 11.9 Å². The summed E-state index contributed by atoms with van der Waals surface area (Å²) in [6.45, 7) is -0.628. The van der Waals surface area contributed by atoms with E-state index in [1.807, 2.05) is 0 Å². The van der Waals surface area contributed by atoms with E-state index in [2.05, 4.69) is 14.8 Å². The van der Waals surface area contributed by atoms with Gasteiger partial charge < -0.3 is 14.8 Å². The van der Waals surface area contributed by atoms with E-state index >= 15 is 0 Å². The second-order valence-electron chi connectivity index (χ2n) is 5.40. The molecule has 2 aromatic rings. The first kappa shape index (κ1) is 21.1. The summed E-state index contributed by atoms with van der Waals surface area (Å²) in [6.07, 6.45) is 0. The zero-order chi connectivity index (χ0) is 20.7. The number of rotatable bonds is 7. The Kier molecular flexibility index (Phi) is 6.85. The number of hydrogen-bond acceptors (Lipinski definition) is 7. The Morgan fingerprint density at radius 2 is 1.71 bits per heavy atom. The van der Waals surface area contributed by atoms with Crippen LogP contribution in [-0.4, -0.2) is 47.0 Å². The van der Waals surface area contributed by atoms with Crippen LogP contribution in [0.1, 0.15) is 20.7 Å². The van der Waals surface area contributed by atoms with Gasteiger partial charge in [-0.2, -0.15) is 0 Å². The molecule has 0 atom stereocenters. The number of carbonyl (C=O) groups excluding carboxylic acids is 3. The van der Waals surface area contributed by atoms with Crippen molar-refractivity contribution in [1.82, 2.24) is 4.72 Å². The summed E-state index contributed by atoms with van der Waals surface area (Å²) in [5, 5.41) is 2.45. The molecule has 0 aliphatic heterocycles. The maximum Gasteiger partial charge on any atom is 0.339 e. The largest absolute Gasteiger partial charge is 0.465 e. The molecular formula is C18H18N2O7S. The third kappa shape index (κ3) is 5.15. The number of sulfonamides is 1. The van der Waals surface area contributed by atoms with Crippen LogP contribution in [0.2, 0.25) is 0 Å². The number of para-hydroxylation sites is 1. The molecule has 0 radical (unpaired) electrons. The van der Waals surface area contributed by atoms with Crippen molar-refractivity contribution >= 4 is 33.6 Å². The van der Waals surface area contributed by atoms with Crippen LogP contribution < -0.4 is 10.0 Å². The molecule has 0 unspecified atom stereocenters. The van der Waals surface area contributed by atoms with Crippen molar-refractivity contribution in [3.8, 4) is 0 Å². The van der Waals surface area contributed by atoms with Crippen LogP contribution in [0, 0.1) is 0 Å². The van der Waals surface area contributed by atoms with Gasteiger partial charge in [0.25, 0.3) is 5.91 Å². The number of anilines is 1. The lowest BCUT2D eigenvalue weighted by Crippen LogP contribution is -2.22. The quantitative estimate of drug-likeness (QED) is 0.661. The average Bonchev–Trinajstić information content (AvgIpc) is 2.71. The van der Waals surface area contributed by atoms with Crippen LogP contribution in [0.3, 0.4) is 0 Å². The smallest absolute Gasteiger partial charge is 0.339 e. The van der Waals surface area contributed by atoms with Crippen molar-refractivity contribution < 1.29 is 32.3 Å². The van der Waals surface area contributed by atoms with Crippen LogP contribution in [0.15, 0.2) is 53.4 Å². The zero-order valence-electron chi connectivity index (χ0n) is 15.1. The molecule has 0 heterocycles. The topological polar surface area (TPSA) is 128 Å². The Morgan fingerprint density at radius 1 is 1.00 bits per heavy atom. The monoisotopic (exact) mass is 406 g/mol. The summed E-state index contributed by atoms with van der Waals surface area (Å²) >= 11 is 0. The van der Waals surface area contributed by atoms with Gasteiger partial charge in [0.1, 0.15) is 0 Å². The lowest BCUT2D eigenvalue weighted by Gasteiger charge is -2.10. The lowest BCUT2D eigenvalue weighted by molar-refractivity contribution is -0.119. The molecular weight excluding hydrogens is 388 g/mol. The Hall–Kier alpha value is -3.24. The highest BCUT2D eigenvalue weighted by Gasteiger charge is 2.17. The minimum absolute atomic E-state index is 0.0286. The van der Waals surface area contributed by atoms with Gasteiger partial charge in [-0.25, -0.2) is 22.7 Å². The van der Waals surface area contributed by atoms with Crippen LogP contribution in [0.25, 0.3) is 0 Å². The second-order valence-corrected chi connectivity index (χ2v) is 7.28. The molecule has 10 heteroatoms. The highest BCUT2D eigenvalue weighted by molar-refractivity contribution is 7.89. The van der Waals surface area contributed by atoms with Gasteiger partial charge in [0, 0.05) is 0 Å². The molecule has 9 nitrogen and oxygen atoms in total. The first-order valence-electron chi connectivity index (χ1n) is 7.96. The molecule has 0 spiro atoms. The molecule has 0 saturated carbocycles. The average molecular weight is 406 g/mol. The van der Waals surface area contributed by atoms with Crippen molar-refractivity contribution in [3.05, 3.63) is 59.7 Å². The highest BCUT2D eigenvalue weighted by Crippen LogP contribution is 2.16. The number of ether oxygens (including phenoxy) is 2. The predicted molar refractivity (Wildman–Crippen MR) is 99.4 cm³/mol. The zero-order valence-corrected chi connectivity index (χ0v) is 15.9. The van der Waals surface area contributed by atoms with Gasteiger partial charge in [-0.05, 0) is 37.4 Å². The number of carbonyl (C=O) groups is 3. The second kappa shape index (κ2) is 9.11. The van der Waals surface area contributed by atoms with E-state index < -0.39 is 34.5 Å². The van der Waals surface area contributed by atoms with E-state index in [1.165, 1.54) is 44.5 Å². The predicted octanol–water partition coefficient (Wildman–Crippen LogP) is 1.18. The summed E-state index contributed by atoms with van der Waals surface area (Å²) in [5.41, 5.74) is 0.325. The third-order valence-electron chi connectivity index (χ3n) is 3.59. The molecule has 0 saturated heterocycles. The van der Waals surface area contributed by atoms with Crippen molar-refractivity contribution in [2.45, 2.75) is 4.90 Å². The number of methoxy groups -OCH3 is 1. The molecule has 0 aliphatic rings. The van der Waals surface area contributed by atoms with E-state index in [1.54, 1.807) is 12.1 Å². The summed E-state index contributed by atoms with van der Waals surface area (Å²) in [5.74, 6) is -2.18. The lowest BCUT2D eigenvalue weighted by atomic mass is 10.2. The Balaban J connectivity index is 2.03. The van der Waals surface area contributed by atoms with Crippen molar-refractivity contribution in [2.75, 3.05) is 26.1 Å². The molecule has 2 N–H and O–H groups in total. The number of nitrogens with one attached hydrogen (secondary N) is 2. The van der Waals surface area contributed by atoms with Crippen LogP contribution in [0.5, 0.6) is 0 Å². The van der Waals surface area contributed by atoms with E-state index in [0.29, 0.717) is 0 Å². The third-order valence-corrected chi connectivity index (χ3v) is 5.00. The van der Waals surface area contributed by atoms with Gasteiger partial charge in [-0.1, -0.05) is 18.2 Å². The molecule has 0 aliphatic carbocycles. The van der Waals surface area contributed by atoms with E-state index in [4.69, 9.17) is 4.74 Å². The van der Waals surface area contributed by atoms with Crippen molar-refractivity contribution in [2.24, 2.45) is 0 Å². The molecule has 28 heavy (non-hydrogen) atoms. The van der Waals surface area contributed by atoms with Gasteiger partial charge in [0.15, 0.2) is 6.61 Å². The maximum absolute atomic E-state index is 12.1. The Labute approximate surface area is 161 Å². The van der Waals surface area contributed by atoms with Gasteiger partial charge in [0.05, 0.1) is 28.8 Å². The maximum atomic E-state index is 12.1. The Morgan fingerprint density at radius 3 is 2.39 bits per heavy atom. The van der Waals surface area contributed by atoms with E-state index in [0.717, 1.165) is 6.07 Å². The standard InChI is InChI=1S/C18H18N2O7S/c1-19-28(24,25)13-7-5-6-12(10-13)17(22)27-11-16(21)20-15-9-4-3-8-14(15)18(23)26-2/h3-10,19H,11H2,1-2H3,(H,20,21). The summed E-state index contributed by atoms with van der Waals surface area (Å²) in [6, 6.07) is 11.4. The molecule has 0 bridgehead atoms. The molecule has 2 aromatic carbocycles. The fraction of sp³-hybridized carbons (Fsp3) is 0.167. The first-order valence-corrected chi connectivity index (χ1v) is 9.44. The van der Waals surface area contributed by atoms with Gasteiger partial charge in [0.2, 0.25) is 10.0 Å². The normalized spacial score (nSPS) is 10.8. The van der Waals surface area contributed by atoms with Crippen LogP contribution in [0.4, 0.5) is 5.69 Å². The number of esters is 2. The van der Waals surface area contributed by atoms with E-state index in [-0.39, 0.29) is 21.7 Å². The summed E-state index contributed by atoms with van der Waals surface area (Å²) in [4.78, 5) is 35.7. The van der Waals surface area contributed by atoms with Crippen molar-refractivity contribution in [3.63, 3.8) is 0 Å². The van der Waals surface area contributed by atoms with E-state index in [9.17, 15) is 22.8 Å². The SMILES string of the molecule is CNS(=O)(=O)c1cccc(C(=O)OCC(=O)Nc2ccccc2C(=O)OC)c1. The first-order chi connectivity index (χ1) is 13.3. The Bertz CT molecular complexity index is 1000. The number of benzene rings is 2. The van der Waals surface area contributed by atoms with Gasteiger partial charge in [-0.3, -0.25) is 4.79 Å². The minimum atomic E-state index is -3.72. The van der Waals surface area contributed by atoms with Crippen LogP contribution in [-0.2, 0) is 24.3 Å². The molecule has 1 amide bonds. The van der Waals surface area contributed by atoms with Crippen LogP contribution >= 0.6 is 0 Å². The minimum Gasteiger partial charge on any atom is -0.465 e. The molecule has 0 fully saturated rings. The number of hydrogen-bond donors (Lipinski definition) is 2. The fourth-order valence-electron chi connectivity index (χ4n) is 2.19. The molecule has 2 rings (SSSR count). The summed E-state index contributed by atoms with van der Waals surface area (Å²) < 4.78 is 35.3. The number of amides is 1. The highest BCUT2D eigenvalue weighted by atomic mass is 32.2. The van der Waals surface area contributed by atoms with Gasteiger partial charge in [-0.15, -0.1) is 0 Å². The summed E-state index contributed by atoms with van der Waals surface area (Å²) in [7, 11) is -1.26.